The van der Waals surface area contributed by atoms with Gasteiger partial charge in [-0.05, 0) is 36.2 Å². The SMILES string of the molecule is COc1ccc(-c2cc(C(F)(F)F)n3nc(C(=O)NCC(C)C)c(Cl)c3n2)cc1. The van der Waals surface area contributed by atoms with E-state index in [4.69, 9.17) is 16.3 Å². The van der Waals surface area contributed by atoms with Gasteiger partial charge in [-0.1, -0.05) is 25.4 Å². The number of carbonyl (C=O) groups excluding carboxylic acids is 1. The van der Waals surface area contributed by atoms with Gasteiger partial charge >= 0.3 is 6.18 Å². The maximum absolute atomic E-state index is 13.7. The molecule has 0 aliphatic rings. The maximum atomic E-state index is 13.7. The summed E-state index contributed by atoms with van der Waals surface area (Å²) in [4.78, 5) is 16.6. The number of hydrogen-bond donors (Lipinski definition) is 1. The number of benzene rings is 1. The molecule has 2 aromatic heterocycles. The summed E-state index contributed by atoms with van der Waals surface area (Å²) in [5.74, 6) is 0.0472. The van der Waals surface area contributed by atoms with E-state index in [1.54, 1.807) is 24.3 Å². The first-order chi connectivity index (χ1) is 13.6. The van der Waals surface area contributed by atoms with E-state index in [0.29, 0.717) is 22.4 Å². The van der Waals surface area contributed by atoms with Crippen LogP contribution in [0.5, 0.6) is 5.75 Å². The predicted molar refractivity (Wildman–Crippen MR) is 102 cm³/mol. The molecular weight excluding hydrogens is 409 g/mol. The average molecular weight is 427 g/mol. The van der Waals surface area contributed by atoms with Crippen molar-refractivity contribution in [3.8, 4) is 17.0 Å². The molecule has 0 unspecified atom stereocenters. The summed E-state index contributed by atoms with van der Waals surface area (Å²) < 4.78 is 46.6. The molecule has 0 bridgehead atoms. The van der Waals surface area contributed by atoms with Crippen LogP contribution in [0.4, 0.5) is 13.2 Å². The van der Waals surface area contributed by atoms with Gasteiger partial charge in [0.1, 0.15) is 10.8 Å². The van der Waals surface area contributed by atoms with Crippen LogP contribution in [0.3, 0.4) is 0 Å². The van der Waals surface area contributed by atoms with Gasteiger partial charge in [0.25, 0.3) is 5.91 Å². The van der Waals surface area contributed by atoms with E-state index in [9.17, 15) is 18.0 Å². The number of alkyl halides is 3. The van der Waals surface area contributed by atoms with E-state index in [1.807, 2.05) is 13.8 Å². The van der Waals surface area contributed by atoms with E-state index < -0.39 is 17.8 Å². The van der Waals surface area contributed by atoms with Gasteiger partial charge in [0, 0.05) is 12.1 Å². The molecule has 2 heterocycles. The van der Waals surface area contributed by atoms with Gasteiger partial charge in [0.15, 0.2) is 17.0 Å². The summed E-state index contributed by atoms with van der Waals surface area (Å²) in [6.07, 6.45) is -4.73. The van der Waals surface area contributed by atoms with Crippen LogP contribution in [0, 0.1) is 5.92 Å². The fourth-order valence-corrected chi connectivity index (χ4v) is 2.87. The summed E-state index contributed by atoms with van der Waals surface area (Å²) in [7, 11) is 1.49. The summed E-state index contributed by atoms with van der Waals surface area (Å²) in [5.41, 5.74) is -1.16. The molecule has 10 heteroatoms. The van der Waals surface area contributed by atoms with Crippen molar-refractivity contribution >= 4 is 23.2 Å². The van der Waals surface area contributed by atoms with Crippen molar-refractivity contribution < 1.29 is 22.7 Å². The van der Waals surface area contributed by atoms with Crippen molar-refractivity contribution in [1.82, 2.24) is 19.9 Å². The molecule has 154 valence electrons. The van der Waals surface area contributed by atoms with E-state index >= 15 is 0 Å². The minimum Gasteiger partial charge on any atom is -0.497 e. The highest BCUT2D eigenvalue weighted by Gasteiger charge is 2.36. The Balaban J connectivity index is 2.16. The van der Waals surface area contributed by atoms with E-state index in [1.165, 1.54) is 7.11 Å². The van der Waals surface area contributed by atoms with Crippen LogP contribution < -0.4 is 10.1 Å². The van der Waals surface area contributed by atoms with Crippen molar-refractivity contribution in [2.24, 2.45) is 5.92 Å². The molecule has 0 aliphatic heterocycles. The molecule has 0 fully saturated rings. The van der Waals surface area contributed by atoms with E-state index in [-0.39, 0.29) is 28.0 Å². The standard InChI is InChI=1S/C19H18ClF3N4O2/c1-10(2)9-24-18(28)16-15(20)17-25-13(11-4-6-12(29-3)7-5-11)8-14(19(21,22)23)27(17)26-16/h4-8,10H,9H2,1-3H3,(H,24,28). The van der Waals surface area contributed by atoms with E-state index in [2.05, 4.69) is 15.4 Å². The third kappa shape index (κ3) is 4.29. The average Bonchev–Trinajstić information content (AvgIpc) is 3.01. The zero-order valence-electron chi connectivity index (χ0n) is 15.8. The lowest BCUT2D eigenvalue weighted by molar-refractivity contribution is -0.142. The van der Waals surface area contributed by atoms with Crippen LogP contribution in [0.15, 0.2) is 30.3 Å². The van der Waals surface area contributed by atoms with Crippen molar-refractivity contribution in [3.05, 3.63) is 46.7 Å². The van der Waals surface area contributed by atoms with Crippen molar-refractivity contribution in [1.29, 1.82) is 0 Å². The normalized spacial score (nSPS) is 11.9. The fraction of sp³-hybridized carbons (Fsp3) is 0.316. The van der Waals surface area contributed by atoms with Crippen LogP contribution in [-0.2, 0) is 6.18 Å². The number of rotatable bonds is 5. The third-order valence-electron chi connectivity index (χ3n) is 4.09. The molecule has 1 aromatic carbocycles. The van der Waals surface area contributed by atoms with Gasteiger partial charge < -0.3 is 10.1 Å². The molecule has 0 atom stereocenters. The molecule has 6 nitrogen and oxygen atoms in total. The molecule has 0 radical (unpaired) electrons. The number of carbonyl (C=O) groups is 1. The Morgan fingerprint density at radius 2 is 1.93 bits per heavy atom. The Hall–Kier alpha value is -2.81. The lowest BCUT2D eigenvalue weighted by Gasteiger charge is -2.11. The van der Waals surface area contributed by atoms with Gasteiger partial charge in [-0.2, -0.15) is 18.3 Å². The Kier molecular flexibility index (Phi) is 5.70. The molecule has 1 amide bonds. The highest BCUT2D eigenvalue weighted by Crippen LogP contribution is 2.34. The molecule has 3 aromatic rings. The molecule has 0 spiro atoms. The minimum atomic E-state index is -4.73. The number of methoxy groups -OCH3 is 1. The summed E-state index contributed by atoms with van der Waals surface area (Å²) in [6.45, 7) is 4.10. The number of fused-ring (bicyclic) bond motifs is 1. The Morgan fingerprint density at radius 3 is 2.48 bits per heavy atom. The smallest absolute Gasteiger partial charge is 0.433 e. The second-order valence-corrected chi connectivity index (χ2v) is 7.13. The molecule has 29 heavy (non-hydrogen) atoms. The lowest BCUT2D eigenvalue weighted by atomic mass is 10.1. The van der Waals surface area contributed by atoms with Crippen LogP contribution in [0.25, 0.3) is 16.9 Å². The maximum Gasteiger partial charge on any atom is 0.433 e. The molecule has 0 saturated heterocycles. The number of hydrogen-bond acceptors (Lipinski definition) is 4. The van der Waals surface area contributed by atoms with Crippen LogP contribution >= 0.6 is 11.6 Å². The molecule has 0 saturated carbocycles. The fourth-order valence-electron chi connectivity index (χ4n) is 2.63. The lowest BCUT2D eigenvalue weighted by Crippen LogP contribution is -2.28. The number of ether oxygens (including phenoxy) is 1. The second-order valence-electron chi connectivity index (χ2n) is 6.75. The number of halogens is 4. The highest BCUT2D eigenvalue weighted by molar-refractivity contribution is 6.36. The number of nitrogens with zero attached hydrogens (tertiary/aromatic N) is 3. The molecule has 0 aliphatic carbocycles. The van der Waals surface area contributed by atoms with Gasteiger partial charge in [-0.15, -0.1) is 0 Å². The molecular formula is C19H18ClF3N4O2. The van der Waals surface area contributed by atoms with Gasteiger partial charge in [0.2, 0.25) is 0 Å². The van der Waals surface area contributed by atoms with Crippen LogP contribution in [-0.4, -0.2) is 34.2 Å². The van der Waals surface area contributed by atoms with E-state index in [0.717, 1.165) is 6.07 Å². The number of nitrogens with one attached hydrogen (secondary N) is 1. The van der Waals surface area contributed by atoms with Gasteiger partial charge in [-0.25, -0.2) is 9.50 Å². The monoisotopic (exact) mass is 426 g/mol. The van der Waals surface area contributed by atoms with Crippen LogP contribution in [0.2, 0.25) is 5.02 Å². The first-order valence-electron chi connectivity index (χ1n) is 8.71. The largest absolute Gasteiger partial charge is 0.497 e. The zero-order chi connectivity index (χ0) is 21.3. The van der Waals surface area contributed by atoms with Gasteiger partial charge in [-0.3, -0.25) is 4.79 Å². The van der Waals surface area contributed by atoms with Crippen molar-refractivity contribution in [2.45, 2.75) is 20.0 Å². The Morgan fingerprint density at radius 1 is 1.28 bits per heavy atom. The minimum absolute atomic E-state index is 0.0448. The van der Waals surface area contributed by atoms with Crippen molar-refractivity contribution in [2.75, 3.05) is 13.7 Å². The first-order valence-corrected chi connectivity index (χ1v) is 9.08. The quantitative estimate of drug-likeness (QED) is 0.654. The third-order valence-corrected chi connectivity index (χ3v) is 4.44. The first kappa shape index (κ1) is 20.9. The molecule has 1 N–H and O–H groups in total. The number of aromatic nitrogens is 3. The van der Waals surface area contributed by atoms with Crippen molar-refractivity contribution in [3.63, 3.8) is 0 Å². The summed E-state index contributed by atoms with van der Waals surface area (Å²) in [6, 6.07) is 7.25. The summed E-state index contributed by atoms with van der Waals surface area (Å²) in [5, 5.41) is 6.14. The molecule has 3 rings (SSSR count). The summed E-state index contributed by atoms with van der Waals surface area (Å²) >= 11 is 6.20. The highest BCUT2D eigenvalue weighted by atomic mass is 35.5. The topological polar surface area (TPSA) is 68.5 Å². The predicted octanol–water partition coefficient (Wildman–Crippen LogP) is 4.46. The zero-order valence-corrected chi connectivity index (χ0v) is 16.6. The van der Waals surface area contributed by atoms with Gasteiger partial charge in [0.05, 0.1) is 12.8 Å². The Labute approximate surface area is 169 Å². The second kappa shape index (κ2) is 7.90. The van der Waals surface area contributed by atoms with Crippen LogP contribution in [0.1, 0.15) is 30.0 Å². The number of amides is 1. The Bertz CT molecular complexity index is 1050.